The van der Waals surface area contributed by atoms with Gasteiger partial charge in [0.15, 0.2) is 0 Å². The lowest BCUT2D eigenvalue weighted by molar-refractivity contribution is -0.185. The Hall–Kier alpha value is -4.09. The van der Waals surface area contributed by atoms with Gasteiger partial charge in [0.25, 0.3) is 0 Å². The molecule has 2 heterocycles. The maximum Gasteiger partial charge on any atom is 0.412 e. The van der Waals surface area contributed by atoms with Gasteiger partial charge in [-0.05, 0) is 63.1 Å². The summed E-state index contributed by atoms with van der Waals surface area (Å²) in [6.45, 7) is 7.13. The number of ether oxygens (including phenoxy) is 4. The van der Waals surface area contributed by atoms with E-state index in [4.69, 9.17) is 18.9 Å². The van der Waals surface area contributed by atoms with Crippen LogP contribution in [0.2, 0.25) is 0 Å². The van der Waals surface area contributed by atoms with Crippen LogP contribution in [0.5, 0.6) is 5.75 Å². The molecule has 3 unspecified atom stereocenters. The molecule has 220 valence electrons. The number of hydrogen-bond acceptors (Lipinski definition) is 8. The van der Waals surface area contributed by atoms with Gasteiger partial charge in [0, 0.05) is 43.4 Å². The number of H-pyrrole nitrogens is 1. The number of nitrogens with one attached hydrogen (secondary N) is 3. The maximum atomic E-state index is 12.9. The van der Waals surface area contributed by atoms with Crippen molar-refractivity contribution in [1.29, 1.82) is 0 Å². The molecular formula is C30H37N3O8. The van der Waals surface area contributed by atoms with Gasteiger partial charge in [-0.3, -0.25) is 10.1 Å². The van der Waals surface area contributed by atoms with Crippen molar-refractivity contribution in [3.63, 3.8) is 0 Å². The zero-order valence-corrected chi connectivity index (χ0v) is 23.7. The quantitative estimate of drug-likeness (QED) is 0.280. The summed E-state index contributed by atoms with van der Waals surface area (Å²) >= 11 is 0. The van der Waals surface area contributed by atoms with Gasteiger partial charge in [0.05, 0.1) is 23.5 Å². The summed E-state index contributed by atoms with van der Waals surface area (Å²) in [6.07, 6.45) is 0.361. The smallest absolute Gasteiger partial charge is 0.412 e. The molecule has 4 N–H and O–H groups in total. The molecule has 3 atom stereocenters. The van der Waals surface area contributed by atoms with Crippen molar-refractivity contribution in [2.75, 3.05) is 18.5 Å². The van der Waals surface area contributed by atoms with Crippen LogP contribution in [0, 0.1) is 0 Å². The topological polar surface area (TPSA) is 148 Å². The van der Waals surface area contributed by atoms with Gasteiger partial charge in [-0.25, -0.2) is 9.59 Å². The van der Waals surface area contributed by atoms with Crippen LogP contribution in [-0.4, -0.2) is 65.3 Å². The van der Waals surface area contributed by atoms with Gasteiger partial charge in [-0.2, -0.15) is 0 Å². The molecule has 41 heavy (non-hydrogen) atoms. The van der Waals surface area contributed by atoms with Crippen molar-refractivity contribution in [2.45, 2.75) is 71.1 Å². The van der Waals surface area contributed by atoms with Crippen LogP contribution in [0.1, 0.15) is 56.5 Å². The first-order valence-corrected chi connectivity index (χ1v) is 13.6. The third-order valence-electron chi connectivity index (χ3n) is 6.30. The Bertz CT molecular complexity index is 1380. The number of aliphatic hydroxyl groups is 1. The maximum absolute atomic E-state index is 12.9. The minimum atomic E-state index is -0.747. The summed E-state index contributed by atoms with van der Waals surface area (Å²) in [7, 11) is 0. The third kappa shape index (κ3) is 8.70. The Kier molecular flexibility index (Phi) is 9.51. The Morgan fingerprint density at radius 1 is 1.12 bits per heavy atom. The van der Waals surface area contributed by atoms with Crippen LogP contribution in [0.4, 0.5) is 10.5 Å². The number of anilines is 1. The molecule has 1 aliphatic heterocycles. The van der Waals surface area contributed by atoms with Crippen molar-refractivity contribution >= 4 is 34.6 Å². The molecular weight excluding hydrogens is 530 g/mol. The van der Waals surface area contributed by atoms with Crippen LogP contribution in [0.3, 0.4) is 0 Å². The van der Waals surface area contributed by atoms with E-state index >= 15 is 0 Å². The number of benzene rings is 2. The largest absolute Gasteiger partial charge is 0.465 e. The fourth-order valence-corrected chi connectivity index (χ4v) is 4.52. The molecule has 11 heteroatoms. The molecule has 0 aliphatic carbocycles. The van der Waals surface area contributed by atoms with Crippen molar-refractivity contribution in [3.05, 3.63) is 59.8 Å². The lowest BCUT2D eigenvalue weighted by Crippen LogP contribution is -2.41. The first-order chi connectivity index (χ1) is 19.5. The van der Waals surface area contributed by atoms with Gasteiger partial charge in [-0.1, -0.05) is 12.1 Å². The van der Waals surface area contributed by atoms with Crippen molar-refractivity contribution in [1.82, 2.24) is 10.3 Å². The molecule has 1 saturated heterocycles. The van der Waals surface area contributed by atoms with Gasteiger partial charge < -0.3 is 34.4 Å². The molecule has 11 nitrogen and oxygen atoms in total. The molecule has 2 aromatic carbocycles. The Morgan fingerprint density at radius 3 is 2.66 bits per heavy atom. The zero-order valence-electron chi connectivity index (χ0n) is 23.7. The summed E-state index contributed by atoms with van der Waals surface area (Å²) in [5.74, 6) is -0.166. The second-order valence-electron chi connectivity index (χ2n) is 11.0. The summed E-state index contributed by atoms with van der Waals surface area (Å²) in [5, 5.41) is 16.8. The van der Waals surface area contributed by atoms with Crippen LogP contribution < -0.4 is 15.4 Å². The highest BCUT2D eigenvalue weighted by atomic mass is 16.7. The van der Waals surface area contributed by atoms with E-state index in [0.29, 0.717) is 18.7 Å². The number of amides is 2. The van der Waals surface area contributed by atoms with Crippen molar-refractivity contribution in [2.24, 2.45) is 0 Å². The first kappa shape index (κ1) is 29.9. The molecule has 1 aromatic heterocycles. The Labute approximate surface area is 238 Å². The average Bonchev–Trinajstić information content (AvgIpc) is 3.28. The highest BCUT2D eigenvalue weighted by Crippen LogP contribution is 2.28. The predicted molar refractivity (Wildman–Crippen MR) is 152 cm³/mol. The number of para-hydroxylation sites is 1. The highest BCUT2D eigenvalue weighted by molar-refractivity contribution is 5.99. The molecule has 0 radical (unpaired) electrons. The molecule has 0 bridgehead atoms. The molecule has 4 rings (SSSR count). The number of aromatic nitrogens is 1. The third-order valence-corrected chi connectivity index (χ3v) is 6.30. The predicted octanol–water partition coefficient (Wildman–Crippen LogP) is 4.30. The lowest BCUT2D eigenvalue weighted by Gasteiger charge is -2.32. The molecule has 0 saturated carbocycles. The lowest BCUT2D eigenvalue weighted by atomic mass is 10.1. The number of hydrogen-bond donors (Lipinski definition) is 4. The number of fused-ring (bicyclic) bond motifs is 1. The van der Waals surface area contributed by atoms with E-state index < -0.39 is 36.2 Å². The van der Waals surface area contributed by atoms with E-state index in [1.54, 1.807) is 45.0 Å². The zero-order chi connectivity index (χ0) is 29.6. The van der Waals surface area contributed by atoms with Gasteiger partial charge in [-0.15, -0.1) is 0 Å². The molecule has 2 amide bonds. The van der Waals surface area contributed by atoms with Crippen molar-refractivity contribution < 1.29 is 38.4 Å². The molecule has 0 spiro atoms. The minimum absolute atomic E-state index is 0.0798. The number of esters is 1. The standard InChI is InChI=1S/C30H37N3O8/c1-18(34)31-12-11-19-16-32-25-10-9-21(15-24(19)25)39-27-14-20(35)13-22(40-27)17-38-28(36)23-7-5-6-8-26(23)33-29(37)41-30(2,3)4/h5-10,15-16,20,22,27,32,35H,11-14,17H2,1-4H3,(H,31,34)(H,33,37). The van der Waals surface area contributed by atoms with E-state index in [1.165, 1.54) is 6.92 Å². The van der Waals surface area contributed by atoms with Crippen LogP contribution in [-0.2, 0) is 25.4 Å². The van der Waals surface area contributed by atoms with E-state index in [2.05, 4.69) is 15.6 Å². The summed E-state index contributed by atoms with van der Waals surface area (Å²) < 4.78 is 22.8. The Balaban J connectivity index is 1.35. The molecule has 3 aromatic rings. The average molecular weight is 568 g/mol. The Morgan fingerprint density at radius 2 is 1.90 bits per heavy atom. The van der Waals surface area contributed by atoms with E-state index in [9.17, 15) is 19.5 Å². The van der Waals surface area contributed by atoms with Gasteiger partial charge in [0.2, 0.25) is 12.2 Å². The van der Waals surface area contributed by atoms with Crippen molar-refractivity contribution in [3.8, 4) is 5.75 Å². The van der Waals surface area contributed by atoms with E-state index in [0.717, 1.165) is 16.5 Å². The normalized spacial score (nSPS) is 18.9. The first-order valence-electron chi connectivity index (χ1n) is 13.6. The second-order valence-corrected chi connectivity index (χ2v) is 11.0. The number of carbonyl (C=O) groups is 3. The van der Waals surface area contributed by atoms with E-state index in [1.807, 2.05) is 24.4 Å². The van der Waals surface area contributed by atoms with Crippen LogP contribution in [0.25, 0.3) is 10.9 Å². The number of rotatable bonds is 9. The van der Waals surface area contributed by atoms with Crippen LogP contribution >= 0.6 is 0 Å². The second kappa shape index (κ2) is 13.0. The number of carbonyl (C=O) groups excluding carboxylic acids is 3. The van der Waals surface area contributed by atoms with Gasteiger partial charge >= 0.3 is 12.1 Å². The number of aliphatic hydroxyl groups excluding tert-OH is 1. The van der Waals surface area contributed by atoms with Gasteiger partial charge in [0.1, 0.15) is 18.0 Å². The monoisotopic (exact) mass is 567 g/mol. The highest BCUT2D eigenvalue weighted by Gasteiger charge is 2.31. The minimum Gasteiger partial charge on any atom is -0.465 e. The summed E-state index contributed by atoms with van der Waals surface area (Å²) in [6, 6.07) is 12.1. The fourth-order valence-electron chi connectivity index (χ4n) is 4.52. The number of aromatic amines is 1. The van der Waals surface area contributed by atoms with E-state index in [-0.39, 0.29) is 36.6 Å². The summed E-state index contributed by atoms with van der Waals surface area (Å²) in [5.41, 5.74) is 1.70. The molecule has 1 aliphatic rings. The molecule has 1 fully saturated rings. The fraction of sp³-hybridized carbons (Fsp3) is 0.433. The summed E-state index contributed by atoms with van der Waals surface area (Å²) in [4.78, 5) is 39.5. The van der Waals surface area contributed by atoms with Crippen LogP contribution in [0.15, 0.2) is 48.7 Å². The SMILES string of the molecule is CC(=O)NCCc1c[nH]c2ccc(OC3CC(O)CC(COC(=O)c4ccccc4NC(=O)OC(C)(C)C)O3)cc12.